The van der Waals surface area contributed by atoms with Crippen molar-refractivity contribution in [1.29, 1.82) is 0 Å². The van der Waals surface area contributed by atoms with Gasteiger partial charge in [0, 0.05) is 22.4 Å². The lowest BCUT2D eigenvalue weighted by Gasteiger charge is -2.32. The molecule has 1 N–H and O–H groups in total. The van der Waals surface area contributed by atoms with Crippen LogP contribution in [-0.4, -0.2) is 17.8 Å². The van der Waals surface area contributed by atoms with Crippen molar-refractivity contribution in [2.45, 2.75) is 17.1 Å². The molecule has 0 aliphatic carbocycles. The number of nitrogens with zero attached hydrogens (tertiary/aromatic N) is 1. The lowest BCUT2D eigenvalue weighted by Crippen LogP contribution is -2.41. The summed E-state index contributed by atoms with van der Waals surface area (Å²) in [5.41, 5.74) is 1.36. The minimum Gasteiger partial charge on any atom is -0.307 e. The van der Waals surface area contributed by atoms with Gasteiger partial charge in [-0.2, -0.15) is 0 Å². The first-order chi connectivity index (χ1) is 10.5. The standard InChI is InChI=1S/C16H14ClFN2OS/c1-10-9-20(14-4-2-3-5-15(14)22-10)16(21)19-11-6-7-13(18)12(17)8-11/h2-8,10H,9H2,1H3,(H,19,21)/t10-/m1/s1. The number of carbonyl (C=O) groups excluding carboxylic acids is 1. The maximum absolute atomic E-state index is 13.2. The smallest absolute Gasteiger partial charge is 0.307 e. The van der Waals surface area contributed by atoms with Gasteiger partial charge in [0.25, 0.3) is 0 Å². The van der Waals surface area contributed by atoms with Gasteiger partial charge >= 0.3 is 6.03 Å². The zero-order chi connectivity index (χ0) is 15.7. The summed E-state index contributed by atoms with van der Waals surface area (Å²) in [4.78, 5) is 15.3. The lowest BCUT2D eigenvalue weighted by atomic mass is 10.2. The van der Waals surface area contributed by atoms with Crippen molar-refractivity contribution >= 4 is 40.8 Å². The van der Waals surface area contributed by atoms with Crippen molar-refractivity contribution < 1.29 is 9.18 Å². The number of urea groups is 1. The number of halogens is 2. The van der Waals surface area contributed by atoms with Crippen molar-refractivity contribution in [3.05, 3.63) is 53.3 Å². The highest BCUT2D eigenvalue weighted by Gasteiger charge is 2.26. The van der Waals surface area contributed by atoms with Crippen LogP contribution in [-0.2, 0) is 0 Å². The molecule has 0 saturated heterocycles. The minimum absolute atomic E-state index is 0.0132. The van der Waals surface area contributed by atoms with Gasteiger partial charge in [-0.05, 0) is 30.3 Å². The summed E-state index contributed by atoms with van der Waals surface area (Å²) >= 11 is 7.50. The zero-order valence-corrected chi connectivity index (χ0v) is 13.4. The quantitative estimate of drug-likeness (QED) is 0.793. The number of thioether (sulfide) groups is 1. The highest BCUT2D eigenvalue weighted by Crippen LogP contribution is 2.38. The van der Waals surface area contributed by atoms with Crippen molar-refractivity contribution in [3.63, 3.8) is 0 Å². The second kappa shape index (κ2) is 6.18. The van der Waals surface area contributed by atoms with Gasteiger partial charge in [-0.25, -0.2) is 9.18 Å². The van der Waals surface area contributed by atoms with E-state index in [2.05, 4.69) is 12.2 Å². The normalized spacial score (nSPS) is 17.0. The van der Waals surface area contributed by atoms with E-state index in [1.54, 1.807) is 16.7 Å². The molecule has 1 atom stereocenters. The molecule has 6 heteroatoms. The van der Waals surface area contributed by atoms with Gasteiger partial charge in [0.2, 0.25) is 0 Å². The van der Waals surface area contributed by atoms with Gasteiger partial charge in [0.15, 0.2) is 0 Å². The summed E-state index contributed by atoms with van der Waals surface area (Å²) in [5.74, 6) is -0.506. The molecule has 0 saturated carbocycles. The second-order valence-corrected chi connectivity index (χ2v) is 6.95. The predicted molar refractivity (Wildman–Crippen MR) is 89.5 cm³/mol. The molecule has 0 spiro atoms. The Hall–Kier alpha value is -1.72. The Kier molecular flexibility index (Phi) is 4.27. The molecular formula is C16H14ClFN2OS. The molecule has 3 rings (SSSR count). The van der Waals surface area contributed by atoms with Crippen LogP contribution in [0.1, 0.15) is 6.92 Å². The van der Waals surface area contributed by atoms with Gasteiger partial charge in [0.05, 0.1) is 10.7 Å². The van der Waals surface area contributed by atoms with E-state index in [1.807, 2.05) is 24.3 Å². The average Bonchev–Trinajstić information content (AvgIpc) is 2.50. The maximum atomic E-state index is 13.2. The molecule has 3 nitrogen and oxygen atoms in total. The van der Waals surface area contributed by atoms with E-state index in [-0.39, 0.29) is 11.1 Å². The van der Waals surface area contributed by atoms with Gasteiger partial charge in [-0.15, -0.1) is 11.8 Å². The Balaban J connectivity index is 1.84. The van der Waals surface area contributed by atoms with Crippen LogP contribution >= 0.6 is 23.4 Å². The monoisotopic (exact) mass is 336 g/mol. The van der Waals surface area contributed by atoms with Crippen LogP contribution in [0.2, 0.25) is 5.02 Å². The highest BCUT2D eigenvalue weighted by molar-refractivity contribution is 8.00. The fourth-order valence-electron chi connectivity index (χ4n) is 2.35. The molecule has 0 aromatic heterocycles. The molecule has 22 heavy (non-hydrogen) atoms. The summed E-state index contributed by atoms with van der Waals surface area (Å²) in [5, 5.41) is 3.06. The van der Waals surface area contributed by atoms with E-state index in [1.165, 1.54) is 18.2 Å². The number of carbonyl (C=O) groups is 1. The molecule has 1 aliphatic rings. The molecule has 0 fully saturated rings. The number of benzene rings is 2. The van der Waals surface area contributed by atoms with Crippen molar-refractivity contribution in [2.75, 3.05) is 16.8 Å². The van der Waals surface area contributed by atoms with Crippen LogP contribution in [0.25, 0.3) is 0 Å². The molecule has 1 aliphatic heterocycles. The van der Waals surface area contributed by atoms with Crippen molar-refractivity contribution in [3.8, 4) is 0 Å². The number of amides is 2. The number of fused-ring (bicyclic) bond motifs is 1. The molecule has 2 aromatic rings. The Labute approximate surface area is 137 Å². The Morgan fingerprint density at radius 3 is 2.91 bits per heavy atom. The van der Waals surface area contributed by atoms with Gasteiger partial charge in [0.1, 0.15) is 5.82 Å². The van der Waals surface area contributed by atoms with Crippen LogP contribution in [0.15, 0.2) is 47.4 Å². The van der Waals surface area contributed by atoms with E-state index in [0.29, 0.717) is 17.5 Å². The van der Waals surface area contributed by atoms with E-state index in [4.69, 9.17) is 11.6 Å². The largest absolute Gasteiger partial charge is 0.326 e. The van der Waals surface area contributed by atoms with Crippen LogP contribution in [0, 0.1) is 5.82 Å². The van der Waals surface area contributed by atoms with E-state index in [9.17, 15) is 9.18 Å². The van der Waals surface area contributed by atoms with Gasteiger partial charge in [-0.3, -0.25) is 4.90 Å². The van der Waals surface area contributed by atoms with E-state index in [0.717, 1.165) is 10.6 Å². The predicted octanol–water partition coefficient (Wildman–Crippen LogP) is 5.01. The fourth-order valence-corrected chi connectivity index (χ4v) is 3.64. The molecule has 0 bridgehead atoms. The SMILES string of the molecule is C[C@@H]1CN(C(=O)Nc2ccc(F)c(Cl)c2)c2ccccc2S1. The van der Waals surface area contributed by atoms with Crippen molar-refractivity contribution in [2.24, 2.45) is 0 Å². The van der Waals surface area contributed by atoms with Gasteiger partial charge < -0.3 is 5.32 Å². The number of nitrogens with one attached hydrogen (secondary N) is 1. The van der Waals surface area contributed by atoms with Crippen LogP contribution in [0.4, 0.5) is 20.6 Å². The third-order valence-electron chi connectivity index (χ3n) is 3.34. The summed E-state index contributed by atoms with van der Waals surface area (Å²) < 4.78 is 13.2. The minimum atomic E-state index is -0.506. The molecule has 1 heterocycles. The number of hydrogen-bond acceptors (Lipinski definition) is 2. The summed E-state index contributed by atoms with van der Waals surface area (Å²) in [6, 6.07) is 11.7. The molecule has 2 amide bonds. The highest BCUT2D eigenvalue weighted by atomic mass is 35.5. The number of para-hydroxylation sites is 1. The second-order valence-electron chi connectivity index (χ2n) is 5.07. The Bertz CT molecular complexity index is 725. The maximum Gasteiger partial charge on any atom is 0.326 e. The molecule has 114 valence electrons. The number of rotatable bonds is 1. The summed E-state index contributed by atoms with van der Waals surface area (Å²) in [7, 11) is 0. The fraction of sp³-hybridized carbons (Fsp3) is 0.188. The third-order valence-corrected chi connectivity index (χ3v) is 4.78. The molecule has 0 radical (unpaired) electrons. The van der Waals surface area contributed by atoms with Crippen molar-refractivity contribution in [1.82, 2.24) is 0 Å². The van der Waals surface area contributed by atoms with E-state index >= 15 is 0 Å². The number of hydrogen-bond donors (Lipinski definition) is 1. The first-order valence-corrected chi connectivity index (χ1v) is 8.09. The van der Waals surface area contributed by atoms with Gasteiger partial charge in [-0.1, -0.05) is 30.7 Å². The van der Waals surface area contributed by atoms with Crippen LogP contribution in [0.3, 0.4) is 0 Å². The molecule has 0 unspecified atom stereocenters. The summed E-state index contributed by atoms with van der Waals surface area (Å²) in [6.07, 6.45) is 0. The average molecular weight is 337 g/mol. The van der Waals surface area contributed by atoms with E-state index < -0.39 is 5.82 Å². The topological polar surface area (TPSA) is 32.3 Å². The molecular weight excluding hydrogens is 323 g/mol. The third kappa shape index (κ3) is 3.05. The summed E-state index contributed by atoms with van der Waals surface area (Å²) in [6.45, 7) is 2.69. The first kappa shape index (κ1) is 15.2. The Morgan fingerprint density at radius 2 is 2.14 bits per heavy atom. The lowest BCUT2D eigenvalue weighted by molar-refractivity contribution is 0.256. The molecule has 2 aromatic carbocycles. The van der Waals surface area contributed by atoms with Crippen LogP contribution < -0.4 is 10.2 Å². The Morgan fingerprint density at radius 1 is 1.36 bits per heavy atom. The zero-order valence-electron chi connectivity index (χ0n) is 11.8. The first-order valence-electron chi connectivity index (χ1n) is 6.84. The number of anilines is 2. The van der Waals surface area contributed by atoms with Crippen LogP contribution in [0.5, 0.6) is 0 Å².